The minimum absolute atomic E-state index is 0.635. The molecule has 5 nitrogen and oxygen atoms in total. The molecule has 0 bridgehead atoms. The molecular weight excluding hydrogens is 312 g/mol. The lowest BCUT2D eigenvalue weighted by Gasteiger charge is -2.09. The van der Waals surface area contributed by atoms with Crippen molar-refractivity contribution >= 4 is 27.6 Å². The first-order chi connectivity index (χ1) is 12.3. The third-order valence-electron chi connectivity index (χ3n) is 4.24. The van der Waals surface area contributed by atoms with Crippen molar-refractivity contribution in [3.63, 3.8) is 0 Å². The van der Waals surface area contributed by atoms with Crippen LogP contribution < -0.4 is 10.1 Å². The van der Waals surface area contributed by atoms with Crippen LogP contribution >= 0.6 is 0 Å². The van der Waals surface area contributed by atoms with E-state index in [1.807, 2.05) is 36.4 Å². The molecule has 4 aromatic rings. The molecule has 122 valence electrons. The molecule has 2 aromatic carbocycles. The number of pyridine rings is 1. The molecule has 2 heterocycles. The summed E-state index contributed by atoms with van der Waals surface area (Å²) in [4.78, 5) is 7.72. The summed E-state index contributed by atoms with van der Waals surface area (Å²) in [5.74, 6) is 0.838. The van der Waals surface area contributed by atoms with E-state index in [-0.39, 0.29) is 0 Å². The molecule has 0 unspecified atom stereocenters. The Morgan fingerprint density at radius 3 is 2.96 bits per heavy atom. The van der Waals surface area contributed by atoms with Gasteiger partial charge in [0.1, 0.15) is 11.4 Å². The first-order valence-corrected chi connectivity index (χ1v) is 7.96. The Labute approximate surface area is 144 Å². The average Bonchev–Trinajstić information content (AvgIpc) is 3.04. The van der Waals surface area contributed by atoms with Gasteiger partial charge in [-0.25, -0.2) is 4.98 Å². The number of rotatable bonds is 4. The third-order valence-corrected chi connectivity index (χ3v) is 4.24. The van der Waals surface area contributed by atoms with Gasteiger partial charge in [0.2, 0.25) is 0 Å². The highest BCUT2D eigenvalue weighted by atomic mass is 16.5. The normalized spacial score (nSPS) is 10.7. The monoisotopic (exact) mass is 328 g/mol. The number of aromatic amines is 1. The summed E-state index contributed by atoms with van der Waals surface area (Å²) in [5, 5.41) is 14.6. The van der Waals surface area contributed by atoms with E-state index in [1.165, 1.54) is 0 Å². The first kappa shape index (κ1) is 15.0. The highest BCUT2D eigenvalue weighted by Crippen LogP contribution is 2.31. The molecule has 0 atom stereocenters. The lowest BCUT2D eigenvalue weighted by molar-refractivity contribution is 0.414. The number of nitrogens with zero attached hydrogens (tertiary/aromatic N) is 2. The van der Waals surface area contributed by atoms with Gasteiger partial charge in [0.05, 0.1) is 18.7 Å². The standard InChI is InChI=1S/C20H16N4O/c1-25-15-4-2-3-14(9-15)12-23-18-7-8-22-20-19(18)16-10-13(11-21)5-6-17(16)24-20/h2-10H,12H2,1H3,(H2,22,23,24). The minimum atomic E-state index is 0.635. The van der Waals surface area contributed by atoms with Crippen LogP contribution in [0.2, 0.25) is 0 Å². The quantitative estimate of drug-likeness (QED) is 0.588. The van der Waals surface area contributed by atoms with Crippen LogP contribution in [0.1, 0.15) is 11.1 Å². The van der Waals surface area contributed by atoms with Gasteiger partial charge in [0.15, 0.2) is 0 Å². The summed E-state index contributed by atoms with van der Waals surface area (Å²) in [6, 6.07) is 17.7. The van der Waals surface area contributed by atoms with E-state index in [0.29, 0.717) is 12.1 Å². The van der Waals surface area contributed by atoms with Gasteiger partial charge < -0.3 is 15.0 Å². The fourth-order valence-electron chi connectivity index (χ4n) is 3.01. The Hall–Kier alpha value is -3.52. The first-order valence-electron chi connectivity index (χ1n) is 7.96. The second-order valence-corrected chi connectivity index (χ2v) is 5.78. The van der Waals surface area contributed by atoms with Crippen molar-refractivity contribution in [3.8, 4) is 11.8 Å². The molecule has 0 spiro atoms. The number of hydrogen-bond donors (Lipinski definition) is 2. The zero-order valence-electron chi connectivity index (χ0n) is 13.7. The Balaban J connectivity index is 1.75. The molecule has 0 aliphatic heterocycles. The molecule has 0 fully saturated rings. The summed E-state index contributed by atoms with van der Waals surface area (Å²) in [5.41, 5.74) is 4.52. The van der Waals surface area contributed by atoms with E-state index >= 15 is 0 Å². The summed E-state index contributed by atoms with van der Waals surface area (Å²) in [6.07, 6.45) is 1.77. The molecule has 0 aliphatic carbocycles. The fraction of sp³-hybridized carbons (Fsp3) is 0.100. The Kier molecular flexibility index (Phi) is 3.71. The summed E-state index contributed by atoms with van der Waals surface area (Å²) in [7, 11) is 1.66. The Morgan fingerprint density at radius 1 is 1.20 bits per heavy atom. The van der Waals surface area contributed by atoms with Crippen LogP contribution in [0.5, 0.6) is 5.75 Å². The van der Waals surface area contributed by atoms with Crippen molar-refractivity contribution in [2.24, 2.45) is 0 Å². The zero-order chi connectivity index (χ0) is 17.2. The molecule has 0 saturated heterocycles. The van der Waals surface area contributed by atoms with E-state index in [4.69, 9.17) is 4.74 Å². The van der Waals surface area contributed by atoms with Crippen LogP contribution in [-0.4, -0.2) is 17.1 Å². The molecular formula is C20H16N4O. The van der Waals surface area contributed by atoms with Gasteiger partial charge in [0, 0.05) is 34.7 Å². The number of aromatic nitrogens is 2. The summed E-state index contributed by atoms with van der Waals surface area (Å²) >= 11 is 0. The van der Waals surface area contributed by atoms with Crippen molar-refractivity contribution in [1.29, 1.82) is 5.26 Å². The van der Waals surface area contributed by atoms with Crippen LogP contribution in [0.4, 0.5) is 5.69 Å². The van der Waals surface area contributed by atoms with Crippen LogP contribution in [0.15, 0.2) is 54.7 Å². The number of benzene rings is 2. The van der Waals surface area contributed by atoms with Crippen LogP contribution in [0.25, 0.3) is 21.9 Å². The van der Waals surface area contributed by atoms with Crippen molar-refractivity contribution in [1.82, 2.24) is 9.97 Å². The number of anilines is 1. The number of nitrogens with one attached hydrogen (secondary N) is 2. The van der Waals surface area contributed by atoms with E-state index < -0.39 is 0 Å². The molecule has 5 heteroatoms. The third kappa shape index (κ3) is 2.74. The summed E-state index contributed by atoms with van der Waals surface area (Å²) < 4.78 is 5.27. The lowest BCUT2D eigenvalue weighted by atomic mass is 10.1. The Morgan fingerprint density at radius 2 is 2.12 bits per heavy atom. The van der Waals surface area contributed by atoms with E-state index in [0.717, 1.165) is 38.9 Å². The highest BCUT2D eigenvalue weighted by molar-refractivity contribution is 6.12. The average molecular weight is 328 g/mol. The maximum Gasteiger partial charge on any atom is 0.140 e. The SMILES string of the molecule is COc1cccc(CNc2ccnc3[nH]c4ccc(C#N)cc4c23)c1. The second kappa shape index (κ2) is 6.17. The fourth-order valence-corrected chi connectivity index (χ4v) is 3.01. The summed E-state index contributed by atoms with van der Waals surface area (Å²) in [6.45, 7) is 0.668. The molecule has 0 radical (unpaired) electrons. The van der Waals surface area contributed by atoms with E-state index in [1.54, 1.807) is 19.4 Å². The topological polar surface area (TPSA) is 73.7 Å². The molecule has 2 aromatic heterocycles. The van der Waals surface area contributed by atoms with Gasteiger partial charge in [-0.1, -0.05) is 12.1 Å². The van der Waals surface area contributed by atoms with Crippen LogP contribution in [0, 0.1) is 11.3 Å². The van der Waals surface area contributed by atoms with E-state index in [9.17, 15) is 5.26 Å². The molecule has 2 N–H and O–H groups in total. The largest absolute Gasteiger partial charge is 0.497 e. The van der Waals surface area contributed by atoms with Crippen LogP contribution in [0.3, 0.4) is 0 Å². The van der Waals surface area contributed by atoms with Gasteiger partial charge in [-0.2, -0.15) is 5.26 Å². The Bertz CT molecular complexity index is 1110. The van der Waals surface area contributed by atoms with Crippen molar-refractivity contribution in [2.45, 2.75) is 6.54 Å². The smallest absolute Gasteiger partial charge is 0.140 e. The maximum atomic E-state index is 9.17. The van der Waals surface area contributed by atoms with Gasteiger partial charge >= 0.3 is 0 Å². The second-order valence-electron chi connectivity index (χ2n) is 5.78. The highest BCUT2D eigenvalue weighted by Gasteiger charge is 2.10. The molecule has 25 heavy (non-hydrogen) atoms. The number of fused-ring (bicyclic) bond motifs is 3. The molecule has 0 saturated carbocycles. The predicted molar refractivity (Wildman–Crippen MR) is 98.6 cm³/mol. The zero-order valence-corrected chi connectivity index (χ0v) is 13.7. The van der Waals surface area contributed by atoms with Crippen molar-refractivity contribution in [3.05, 3.63) is 65.9 Å². The maximum absolute atomic E-state index is 9.17. The number of methoxy groups -OCH3 is 1. The molecule has 4 rings (SSSR count). The number of nitriles is 1. The van der Waals surface area contributed by atoms with Crippen molar-refractivity contribution in [2.75, 3.05) is 12.4 Å². The van der Waals surface area contributed by atoms with Crippen molar-refractivity contribution < 1.29 is 4.74 Å². The van der Waals surface area contributed by atoms with Gasteiger partial charge in [-0.05, 0) is 42.0 Å². The molecule has 0 amide bonds. The van der Waals surface area contributed by atoms with E-state index in [2.05, 4.69) is 27.4 Å². The van der Waals surface area contributed by atoms with Gasteiger partial charge in [0.25, 0.3) is 0 Å². The number of hydrogen-bond acceptors (Lipinski definition) is 4. The molecule has 0 aliphatic rings. The predicted octanol–water partition coefficient (Wildman–Crippen LogP) is 4.21. The van der Waals surface area contributed by atoms with Crippen LogP contribution in [-0.2, 0) is 6.54 Å². The number of ether oxygens (including phenoxy) is 1. The number of H-pyrrole nitrogens is 1. The lowest BCUT2D eigenvalue weighted by Crippen LogP contribution is -2.00. The minimum Gasteiger partial charge on any atom is -0.497 e. The van der Waals surface area contributed by atoms with Gasteiger partial charge in [-0.3, -0.25) is 0 Å². The van der Waals surface area contributed by atoms with Gasteiger partial charge in [-0.15, -0.1) is 0 Å².